The van der Waals surface area contributed by atoms with Gasteiger partial charge in [-0.1, -0.05) is 24.3 Å². The molecule has 0 saturated carbocycles. The summed E-state index contributed by atoms with van der Waals surface area (Å²) in [5.41, 5.74) is 14.2. The summed E-state index contributed by atoms with van der Waals surface area (Å²) in [7, 11) is 0. The molecule has 0 aliphatic heterocycles. The van der Waals surface area contributed by atoms with Crippen LogP contribution >= 0.6 is 0 Å². The number of rotatable bonds is 8. The molecule has 5 aromatic heterocycles. The maximum atomic E-state index is 6.70. The summed E-state index contributed by atoms with van der Waals surface area (Å²) < 4.78 is 20.7. The standard InChI is InChI=1S/C59H35N5O2.Pt/c1-3-14-39(15-4-1)46-22-12-23-47(40-16-5-2-6-17-40)59(46)63-38-62(52-25-9-10-26-53(52)63)42-18-11-19-43(34-42)65-44-29-30-49-48-20-7-8-24-51(48)64(54(49)35-44)57-31-28-41(36-61-57)45-21-13-27-56-58(45)50-37-60-33-32-55(50)66-56;/h1-33,36-37H;/q-2;. The molecule has 5 heterocycles. The zero-order valence-electron chi connectivity index (χ0n) is 35.6. The molecule has 0 saturated heterocycles. The van der Waals surface area contributed by atoms with Crippen LogP contribution in [0, 0.1) is 15.9 Å². The number of imidazole rings is 1. The van der Waals surface area contributed by atoms with E-state index >= 15 is 0 Å². The van der Waals surface area contributed by atoms with Gasteiger partial charge in [-0.3, -0.25) is 4.98 Å². The molecule has 320 valence electrons. The summed E-state index contributed by atoms with van der Waals surface area (Å²) in [5, 5.41) is 4.16. The molecule has 0 bridgehead atoms. The predicted molar refractivity (Wildman–Crippen MR) is 264 cm³/mol. The van der Waals surface area contributed by atoms with Crippen LogP contribution in [-0.4, -0.2) is 23.7 Å². The molecule has 0 radical (unpaired) electrons. The van der Waals surface area contributed by atoms with Crippen LogP contribution in [0.2, 0.25) is 0 Å². The first-order valence-corrected chi connectivity index (χ1v) is 23.1. The Morgan fingerprint density at radius 2 is 1.13 bits per heavy atom. The second-order valence-electron chi connectivity index (χ2n) is 16.3. The molecule has 13 rings (SSSR count). The number of furan rings is 1. The molecule has 0 aliphatic rings. The number of para-hydroxylation sites is 4. The molecular weight excluding hydrogens is 1010 g/mol. The SMILES string of the molecule is [Pt]=[c]1n(-c2[c-]c(Oc3[c-]c4c(cc3)c3ccccc3n4-c3ccc(-c4cccc5oc6ccncc6c45)cn3)ccc2)c2ccccc2n1-c1c(-c2ccccc2)cccc1-c1ccccc1. The fourth-order valence-electron chi connectivity index (χ4n) is 9.54. The van der Waals surface area contributed by atoms with E-state index in [4.69, 9.17) is 14.1 Å². The van der Waals surface area contributed by atoms with E-state index in [1.165, 1.54) is 0 Å². The number of pyridine rings is 2. The molecular formula is C59H35N5O2Pt-2. The van der Waals surface area contributed by atoms with Gasteiger partial charge in [0.25, 0.3) is 0 Å². The summed E-state index contributed by atoms with van der Waals surface area (Å²) in [6, 6.07) is 74.4. The molecule has 13 aromatic rings. The molecule has 0 aliphatic carbocycles. The molecule has 0 amide bonds. The van der Waals surface area contributed by atoms with E-state index < -0.39 is 0 Å². The number of aromatic nitrogens is 5. The zero-order chi connectivity index (χ0) is 44.4. The van der Waals surface area contributed by atoms with Crippen LogP contribution in [0.1, 0.15) is 0 Å². The van der Waals surface area contributed by atoms with Crippen molar-refractivity contribution in [3.05, 3.63) is 229 Å². The van der Waals surface area contributed by atoms with Gasteiger partial charge in [0, 0.05) is 34.9 Å². The molecule has 0 fully saturated rings. The maximum absolute atomic E-state index is 6.70. The summed E-state index contributed by atoms with van der Waals surface area (Å²) in [5.74, 6) is 1.92. The number of fused-ring (bicyclic) bond motifs is 7. The van der Waals surface area contributed by atoms with Crippen molar-refractivity contribution in [2.24, 2.45) is 0 Å². The first kappa shape index (κ1) is 39.0. The number of ether oxygens (including phenoxy) is 1. The van der Waals surface area contributed by atoms with E-state index in [0.29, 0.717) is 11.5 Å². The normalized spacial score (nSPS) is 11.7. The third kappa shape index (κ3) is 6.50. The molecule has 8 aromatic carbocycles. The number of hydrogen-bond donors (Lipinski definition) is 0. The Bertz CT molecular complexity index is 4040. The molecule has 0 N–H and O–H groups in total. The first-order valence-electron chi connectivity index (χ1n) is 22.0. The van der Waals surface area contributed by atoms with E-state index in [-0.39, 0.29) is 0 Å². The average Bonchev–Trinajstić information content (AvgIpc) is 4.03. The Kier molecular flexibility index (Phi) is 9.29. The van der Waals surface area contributed by atoms with Gasteiger partial charge in [-0.15, -0.1) is 0 Å². The van der Waals surface area contributed by atoms with Crippen LogP contribution in [0.15, 0.2) is 217 Å². The average molecular weight is 1040 g/mol. The Morgan fingerprint density at radius 1 is 0.463 bits per heavy atom. The van der Waals surface area contributed by atoms with Gasteiger partial charge in [0.05, 0.1) is 0 Å². The predicted octanol–water partition coefficient (Wildman–Crippen LogP) is 14.7. The monoisotopic (exact) mass is 1040 g/mol. The van der Waals surface area contributed by atoms with Gasteiger partial charge < -0.3 is 4.42 Å². The van der Waals surface area contributed by atoms with Gasteiger partial charge in [0.15, 0.2) is 0 Å². The van der Waals surface area contributed by atoms with Crippen molar-refractivity contribution in [2.45, 2.75) is 0 Å². The first-order chi connectivity index (χ1) is 33.2. The summed E-state index contributed by atoms with van der Waals surface area (Å²) in [6.45, 7) is 0. The van der Waals surface area contributed by atoms with E-state index in [2.05, 4.69) is 208 Å². The minimum absolute atomic E-state index is 0.570. The van der Waals surface area contributed by atoms with E-state index in [0.717, 1.165) is 109 Å². The second-order valence-corrected chi connectivity index (χ2v) is 17.3. The third-order valence-electron chi connectivity index (χ3n) is 12.5. The van der Waals surface area contributed by atoms with Gasteiger partial charge in [0.2, 0.25) is 0 Å². The Morgan fingerprint density at radius 3 is 1.90 bits per heavy atom. The van der Waals surface area contributed by atoms with Crippen molar-refractivity contribution in [3.63, 3.8) is 0 Å². The van der Waals surface area contributed by atoms with E-state index in [1.54, 1.807) is 6.20 Å². The van der Waals surface area contributed by atoms with Gasteiger partial charge in [-0.05, 0) is 23.8 Å². The fourth-order valence-corrected chi connectivity index (χ4v) is 10.6. The molecule has 0 atom stereocenters. The number of hydrogen-bond acceptors (Lipinski definition) is 4. The van der Waals surface area contributed by atoms with Crippen LogP contribution in [0.5, 0.6) is 11.5 Å². The summed E-state index contributed by atoms with van der Waals surface area (Å²) in [4.78, 5) is 9.45. The zero-order valence-corrected chi connectivity index (χ0v) is 37.8. The van der Waals surface area contributed by atoms with Crippen molar-refractivity contribution in [2.75, 3.05) is 0 Å². The Hall–Kier alpha value is -8.38. The van der Waals surface area contributed by atoms with Crippen LogP contribution in [0.4, 0.5) is 0 Å². The molecule has 0 unspecified atom stereocenters. The Balaban J connectivity index is 0.901. The molecule has 0 spiro atoms. The topological polar surface area (TPSA) is 62.9 Å². The van der Waals surface area contributed by atoms with Crippen LogP contribution in [0.3, 0.4) is 0 Å². The van der Waals surface area contributed by atoms with Crippen molar-refractivity contribution in [1.29, 1.82) is 0 Å². The second kappa shape index (κ2) is 15.9. The van der Waals surface area contributed by atoms with E-state index in [1.807, 2.05) is 48.8 Å². The minimum atomic E-state index is 0.570. The third-order valence-corrected chi connectivity index (χ3v) is 13.5. The molecule has 67 heavy (non-hydrogen) atoms. The Labute approximate surface area is 395 Å². The fraction of sp³-hybridized carbons (Fsp3) is 0. The number of nitrogens with zero attached hydrogens (tertiary/aromatic N) is 5. The number of benzene rings is 8. The van der Waals surface area contributed by atoms with Gasteiger partial charge in [0.1, 0.15) is 11.2 Å². The van der Waals surface area contributed by atoms with Crippen molar-refractivity contribution in [1.82, 2.24) is 23.7 Å². The van der Waals surface area contributed by atoms with Gasteiger partial charge >= 0.3 is 294 Å². The van der Waals surface area contributed by atoms with Crippen LogP contribution < -0.4 is 4.74 Å². The van der Waals surface area contributed by atoms with Crippen LogP contribution in [0.25, 0.3) is 105 Å². The van der Waals surface area contributed by atoms with Gasteiger partial charge in [-0.2, -0.15) is 0 Å². The van der Waals surface area contributed by atoms with Crippen LogP contribution in [-0.2, 0) is 19.4 Å². The van der Waals surface area contributed by atoms with E-state index in [9.17, 15) is 0 Å². The van der Waals surface area contributed by atoms with Gasteiger partial charge in [-0.25, -0.2) is 0 Å². The van der Waals surface area contributed by atoms with Crippen molar-refractivity contribution in [3.8, 4) is 62.1 Å². The summed E-state index contributed by atoms with van der Waals surface area (Å²) >= 11 is 2.47. The van der Waals surface area contributed by atoms with Crippen molar-refractivity contribution < 1.29 is 28.5 Å². The molecule has 7 nitrogen and oxygen atoms in total. The summed E-state index contributed by atoms with van der Waals surface area (Å²) in [6.07, 6.45) is 5.55. The molecule has 8 heteroatoms. The quantitative estimate of drug-likeness (QED) is 0.142. The van der Waals surface area contributed by atoms with Crippen molar-refractivity contribution >= 4 is 54.8 Å².